The van der Waals surface area contributed by atoms with Crippen molar-refractivity contribution in [3.05, 3.63) is 0 Å². The van der Waals surface area contributed by atoms with Gasteiger partial charge in [0.05, 0.1) is 0 Å². The fraction of sp³-hybridized carbons (Fsp3) is 0.950. The lowest BCUT2D eigenvalue weighted by Gasteiger charge is -2.33. The Hall–Kier alpha value is -0.0400. The lowest BCUT2D eigenvalue weighted by atomic mass is 9.73. The molecule has 0 radical (unpaired) electrons. The van der Waals surface area contributed by atoms with Gasteiger partial charge in [-0.1, -0.05) is 19.3 Å². The Bertz CT molecular complexity index is 401. The second-order valence-corrected chi connectivity index (χ2v) is 8.22. The summed E-state index contributed by atoms with van der Waals surface area (Å²) in [5, 5.41) is 3.54. The van der Waals surface area contributed by atoms with Crippen LogP contribution in [-0.2, 0) is 0 Å². The fourth-order valence-corrected chi connectivity index (χ4v) is 4.89. The zero-order valence-corrected chi connectivity index (χ0v) is 18.6. The second-order valence-electron chi connectivity index (χ2n) is 8.22. The number of aliphatic imine (C=N–C) groups is 1. The molecule has 2 saturated heterocycles. The maximum Gasteiger partial charge on any atom is 0.193 e. The van der Waals surface area contributed by atoms with Gasteiger partial charge in [0.2, 0.25) is 0 Å². The highest BCUT2D eigenvalue weighted by atomic mass is 127. The maximum absolute atomic E-state index is 4.95. The van der Waals surface area contributed by atoms with Crippen LogP contribution < -0.4 is 5.32 Å². The Kier molecular flexibility index (Phi) is 9.31. The molecule has 0 bridgehead atoms. The van der Waals surface area contributed by atoms with E-state index in [1.54, 1.807) is 0 Å². The molecule has 2 heterocycles. The van der Waals surface area contributed by atoms with Crippen LogP contribution in [0.2, 0.25) is 0 Å². The van der Waals surface area contributed by atoms with Crippen molar-refractivity contribution in [1.82, 2.24) is 15.1 Å². The van der Waals surface area contributed by atoms with E-state index in [9.17, 15) is 0 Å². The average molecular weight is 462 g/mol. The van der Waals surface area contributed by atoms with Crippen LogP contribution in [0, 0.1) is 5.41 Å². The van der Waals surface area contributed by atoms with E-state index in [2.05, 4.69) is 22.0 Å². The minimum Gasteiger partial charge on any atom is -0.357 e. The minimum atomic E-state index is 0. The van der Waals surface area contributed by atoms with Crippen molar-refractivity contribution in [2.24, 2.45) is 10.4 Å². The lowest BCUT2D eigenvalue weighted by molar-refractivity contribution is 0.203. The van der Waals surface area contributed by atoms with Crippen LogP contribution in [0.5, 0.6) is 0 Å². The monoisotopic (exact) mass is 462 g/mol. The first kappa shape index (κ1) is 21.3. The van der Waals surface area contributed by atoms with Crippen molar-refractivity contribution in [3.8, 4) is 0 Å². The molecule has 1 aliphatic carbocycles. The molecular weight excluding hydrogens is 423 g/mol. The Morgan fingerprint density at radius 3 is 2.44 bits per heavy atom. The van der Waals surface area contributed by atoms with Gasteiger partial charge in [0, 0.05) is 26.2 Å². The number of nitrogens with one attached hydrogen (secondary N) is 1. The van der Waals surface area contributed by atoms with Gasteiger partial charge in [-0.15, -0.1) is 24.0 Å². The molecule has 0 amide bonds. The summed E-state index contributed by atoms with van der Waals surface area (Å²) < 4.78 is 0. The van der Waals surface area contributed by atoms with E-state index in [1.165, 1.54) is 103 Å². The van der Waals surface area contributed by atoms with E-state index < -0.39 is 0 Å². The number of nitrogens with zero attached hydrogens (tertiary/aromatic N) is 3. The first-order valence-electron chi connectivity index (χ1n) is 10.6. The van der Waals surface area contributed by atoms with Gasteiger partial charge >= 0.3 is 0 Å². The van der Waals surface area contributed by atoms with Crippen LogP contribution in [0.1, 0.15) is 71.1 Å². The minimum absolute atomic E-state index is 0. The van der Waals surface area contributed by atoms with Crippen LogP contribution in [-0.4, -0.2) is 61.6 Å². The topological polar surface area (TPSA) is 30.9 Å². The molecule has 0 atom stereocenters. The largest absolute Gasteiger partial charge is 0.357 e. The van der Waals surface area contributed by atoms with Gasteiger partial charge < -0.3 is 15.1 Å². The van der Waals surface area contributed by atoms with Gasteiger partial charge in [0.15, 0.2) is 5.96 Å². The van der Waals surface area contributed by atoms with Crippen LogP contribution in [0.25, 0.3) is 0 Å². The molecule has 0 aromatic carbocycles. The lowest BCUT2D eigenvalue weighted by Crippen LogP contribution is -2.41. The number of hydrogen-bond acceptors (Lipinski definition) is 2. The van der Waals surface area contributed by atoms with Crippen molar-refractivity contribution < 1.29 is 0 Å². The van der Waals surface area contributed by atoms with Crippen molar-refractivity contribution in [2.75, 3.05) is 45.8 Å². The van der Waals surface area contributed by atoms with Crippen LogP contribution in [0.4, 0.5) is 0 Å². The fourth-order valence-electron chi connectivity index (χ4n) is 4.89. The molecule has 0 aromatic heterocycles. The normalized spacial score (nSPS) is 23.9. The van der Waals surface area contributed by atoms with E-state index in [4.69, 9.17) is 4.99 Å². The quantitative estimate of drug-likeness (QED) is 0.279. The highest BCUT2D eigenvalue weighted by molar-refractivity contribution is 14.0. The van der Waals surface area contributed by atoms with E-state index in [0.717, 1.165) is 13.1 Å². The van der Waals surface area contributed by atoms with E-state index in [-0.39, 0.29) is 24.0 Å². The zero-order chi connectivity index (χ0) is 16.7. The summed E-state index contributed by atoms with van der Waals surface area (Å²) in [5.41, 5.74) is 0.615. The molecule has 146 valence electrons. The summed E-state index contributed by atoms with van der Waals surface area (Å²) in [7, 11) is 0. The smallest absolute Gasteiger partial charge is 0.193 e. The van der Waals surface area contributed by atoms with Crippen LogP contribution >= 0.6 is 24.0 Å². The first-order valence-corrected chi connectivity index (χ1v) is 10.6. The third-order valence-corrected chi connectivity index (χ3v) is 6.33. The SMILES string of the molecule is CCNC(=NCCCCN1CCCC1)N1CCC2(CCCCC2)C1.I. The van der Waals surface area contributed by atoms with E-state index >= 15 is 0 Å². The van der Waals surface area contributed by atoms with Gasteiger partial charge in [-0.2, -0.15) is 0 Å². The van der Waals surface area contributed by atoms with E-state index in [0.29, 0.717) is 5.41 Å². The summed E-state index contributed by atoms with van der Waals surface area (Å²) in [6, 6.07) is 0. The summed E-state index contributed by atoms with van der Waals surface area (Å²) in [5.74, 6) is 1.18. The summed E-state index contributed by atoms with van der Waals surface area (Å²) >= 11 is 0. The first-order chi connectivity index (χ1) is 11.8. The Labute approximate surface area is 172 Å². The van der Waals surface area contributed by atoms with Gasteiger partial charge in [-0.3, -0.25) is 4.99 Å². The van der Waals surface area contributed by atoms with Crippen molar-refractivity contribution in [1.29, 1.82) is 0 Å². The predicted octanol–water partition coefficient (Wildman–Crippen LogP) is 4.10. The van der Waals surface area contributed by atoms with Gasteiger partial charge in [0.1, 0.15) is 0 Å². The molecule has 2 aliphatic heterocycles. The molecule has 5 heteroatoms. The van der Waals surface area contributed by atoms with Gasteiger partial charge in [-0.25, -0.2) is 0 Å². The number of likely N-dealkylation sites (tertiary alicyclic amines) is 2. The Balaban J connectivity index is 0.00000225. The second kappa shape index (κ2) is 11.0. The summed E-state index contributed by atoms with van der Waals surface area (Å²) in [6.07, 6.45) is 13.9. The number of guanidine groups is 1. The molecule has 3 rings (SSSR count). The molecule has 0 unspecified atom stereocenters. The van der Waals surface area contributed by atoms with Crippen molar-refractivity contribution >= 4 is 29.9 Å². The number of unbranched alkanes of at least 4 members (excludes halogenated alkanes) is 1. The van der Waals surface area contributed by atoms with Crippen LogP contribution in [0.15, 0.2) is 4.99 Å². The molecule has 1 saturated carbocycles. The molecule has 1 spiro atoms. The van der Waals surface area contributed by atoms with Crippen molar-refractivity contribution in [2.45, 2.75) is 71.1 Å². The highest BCUT2D eigenvalue weighted by Crippen LogP contribution is 2.43. The summed E-state index contributed by atoms with van der Waals surface area (Å²) in [6.45, 7) is 10.5. The van der Waals surface area contributed by atoms with Gasteiger partial charge in [0.25, 0.3) is 0 Å². The zero-order valence-electron chi connectivity index (χ0n) is 16.3. The molecule has 25 heavy (non-hydrogen) atoms. The molecule has 3 aliphatic rings. The highest BCUT2D eigenvalue weighted by Gasteiger charge is 2.39. The standard InChI is InChI=1S/C20H38N4.HI/c1-2-21-19(22-13-6-7-14-23-15-8-9-16-23)24-17-12-20(18-24)10-4-3-5-11-20;/h2-18H2,1H3,(H,21,22);1H. The van der Waals surface area contributed by atoms with E-state index in [1.807, 2.05) is 0 Å². The Morgan fingerprint density at radius 2 is 1.72 bits per heavy atom. The third-order valence-electron chi connectivity index (χ3n) is 6.33. The summed E-state index contributed by atoms with van der Waals surface area (Å²) in [4.78, 5) is 10.1. The average Bonchev–Trinajstić information content (AvgIpc) is 3.25. The van der Waals surface area contributed by atoms with Crippen LogP contribution in [0.3, 0.4) is 0 Å². The molecule has 3 fully saturated rings. The third kappa shape index (κ3) is 6.26. The van der Waals surface area contributed by atoms with Crippen molar-refractivity contribution in [3.63, 3.8) is 0 Å². The predicted molar refractivity (Wildman–Crippen MR) is 118 cm³/mol. The molecular formula is C20H39IN4. The van der Waals surface area contributed by atoms with Gasteiger partial charge in [-0.05, 0) is 76.9 Å². The number of halogens is 1. The number of hydrogen-bond donors (Lipinski definition) is 1. The molecule has 0 aromatic rings. The maximum atomic E-state index is 4.95. The number of rotatable bonds is 6. The Morgan fingerprint density at radius 1 is 0.960 bits per heavy atom. The molecule has 4 nitrogen and oxygen atoms in total. The molecule has 1 N–H and O–H groups in total.